The molecule has 0 bridgehead atoms. The molecule has 0 aromatic rings. The van der Waals surface area contributed by atoms with E-state index in [1.165, 1.54) is 57.1 Å². The van der Waals surface area contributed by atoms with E-state index >= 15 is 0 Å². The highest BCUT2D eigenvalue weighted by Crippen LogP contribution is 2.24. The molecule has 0 radical (unpaired) electrons. The second-order valence-electron chi connectivity index (χ2n) is 17.7. The third-order valence-corrected chi connectivity index (χ3v) is 12.4. The summed E-state index contributed by atoms with van der Waals surface area (Å²) in [6.07, 6.45) is 13.1. The first-order valence-electron chi connectivity index (χ1n) is 23.9. The molecule has 1 fully saturated rings. The van der Waals surface area contributed by atoms with Gasteiger partial charge in [-0.25, -0.2) is 0 Å². The molecule has 384 valence electrons. The van der Waals surface area contributed by atoms with Crippen LogP contribution in [0, 0.1) is 5.92 Å². The van der Waals surface area contributed by atoms with E-state index in [0.29, 0.717) is 6.42 Å². The summed E-state index contributed by atoms with van der Waals surface area (Å²) >= 11 is 0.911. The number of nitrogens with zero attached hydrogens (tertiary/aromatic N) is 1. The highest BCUT2D eigenvalue weighted by molar-refractivity contribution is 8.02. The van der Waals surface area contributed by atoms with E-state index in [4.69, 9.17) is 5.73 Å². The first-order valence-corrected chi connectivity index (χ1v) is 24.9. The Labute approximate surface area is 404 Å². The van der Waals surface area contributed by atoms with Gasteiger partial charge in [-0.05, 0) is 43.9 Å². The third-order valence-electron chi connectivity index (χ3n) is 11.5. The molecule has 2 aliphatic heterocycles. The maximum atomic E-state index is 14.6. The summed E-state index contributed by atoms with van der Waals surface area (Å²) in [6, 6.07) is -6.91. The van der Waals surface area contributed by atoms with Gasteiger partial charge in [0.2, 0.25) is 53.2 Å². The number of aliphatic hydroxyl groups is 1. The number of nitrogens with one attached hydrogen (secondary N) is 10. The maximum Gasteiger partial charge on any atom is 0.248 e. The minimum atomic E-state index is -2.13. The summed E-state index contributed by atoms with van der Waals surface area (Å²) in [5, 5.41) is 37.8. The number of hydrogen-bond donors (Lipinski definition) is 12. The van der Waals surface area contributed by atoms with Crippen LogP contribution < -0.4 is 58.9 Å². The normalized spacial score (nSPS) is 22.6. The molecule has 0 aliphatic carbocycles. The Morgan fingerprint density at radius 1 is 0.824 bits per heavy atom. The number of aliphatic hydroxyl groups excluding tert-OH is 1. The smallest absolute Gasteiger partial charge is 0.248 e. The van der Waals surface area contributed by atoms with Gasteiger partial charge in [0.15, 0.2) is 5.96 Å². The second-order valence-corrected chi connectivity index (χ2v) is 18.6. The molecule has 0 aromatic carbocycles. The van der Waals surface area contributed by atoms with Gasteiger partial charge in [-0.2, -0.15) is 0 Å². The third kappa shape index (κ3) is 22.6. The molecular formula is C45H78N12O10S. The highest BCUT2D eigenvalue weighted by Gasteiger charge is 2.46. The van der Waals surface area contributed by atoms with Gasteiger partial charge in [0.05, 0.1) is 13.2 Å². The topological polar surface area (TPSA) is 333 Å². The van der Waals surface area contributed by atoms with Crippen molar-refractivity contribution in [3.63, 3.8) is 0 Å². The van der Waals surface area contributed by atoms with Crippen LogP contribution in [0.4, 0.5) is 0 Å². The summed E-state index contributed by atoms with van der Waals surface area (Å²) in [5.41, 5.74) is 3.23. The fourth-order valence-electron chi connectivity index (χ4n) is 7.61. The molecule has 68 heavy (non-hydrogen) atoms. The summed E-state index contributed by atoms with van der Waals surface area (Å²) in [4.78, 5) is 125. The Bertz CT molecular complexity index is 1750. The minimum absolute atomic E-state index is 0.101. The number of aliphatic imine (C=N–C) groups is 1. The van der Waals surface area contributed by atoms with E-state index in [2.05, 4.69) is 58.2 Å². The summed E-state index contributed by atoms with van der Waals surface area (Å²) in [6.45, 7) is 4.56. The van der Waals surface area contributed by atoms with E-state index in [1.54, 1.807) is 7.05 Å². The van der Waals surface area contributed by atoms with Gasteiger partial charge in [0.25, 0.3) is 0 Å². The van der Waals surface area contributed by atoms with Crippen molar-refractivity contribution in [2.45, 2.75) is 166 Å². The lowest BCUT2D eigenvalue weighted by atomic mass is 9.89. The number of guanidine groups is 1. The number of carbonyl (C=O) groups excluding carboxylic acids is 9. The Kier molecular flexibility index (Phi) is 27.9. The van der Waals surface area contributed by atoms with Crippen LogP contribution in [0.1, 0.15) is 130 Å². The molecule has 6 atom stereocenters. The van der Waals surface area contributed by atoms with E-state index in [0.717, 1.165) is 56.4 Å². The van der Waals surface area contributed by atoms with Gasteiger partial charge in [-0.1, -0.05) is 78.1 Å². The van der Waals surface area contributed by atoms with E-state index in [1.807, 2.05) is 20.9 Å². The molecular weight excluding hydrogens is 901 g/mol. The Morgan fingerprint density at radius 2 is 1.44 bits per heavy atom. The number of thioether (sulfide) groups is 1. The zero-order chi connectivity index (χ0) is 50.5. The first kappa shape index (κ1) is 58.7. The van der Waals surface area contributed by atoms with Crippen molar-refractivity contribution >= 4 is 70.9 Å². The van der Waals surface area contributed by atoms with Crippen LogP contribution in [0.5, 0.6) is 0 Å². The SMILES string of the molecule is CN=C(NC)NCCCCCCCCCCCCCCC(=O)NC(C)C(=O)NC1CC2(CSC=CNC(=O)C(CO)NC(=O)C(CCC(N)=O)NC2=O)NC(=O)CNC(=O)C(CC(C)C)NC1=O. The quantitative estimate of drug-likeness (QED) is 0.0324. The molecule has 9 amide bonds. The predicted octanol–water partition coefficient (Wildman–Crippen LogP) is -0.691. The summed E-state index contributed by atoms with van der Waals surface area (Å²) in [7, 11) is 3.60. The minimum Gasteiger partial charge on any atom is -0.394 e. The summed E-state index contributed by atoms with van der Waals surface area (Å²) < 4.78 is 0. The predicted molar refractivity (Wildman–Crippen MR) is 259 cm³/mol. The van der Waals surface area contributed by atoms with Crippen molar-refractivity contribution in [3.05, 3.63) is 11.6 Å². The fraction of sp³-hybridized carbons (Fsp3) is 0.733. The van der Waals surface area contributed by atoms with Crippen molar-refractivity contribution in [2.75, 3.05) is 39.5 Å². The molecule has 13 N–H and O–H groups in total. The molecule has 0 aromatic heterocycles. The number of unbranched alkanes of at least 4 members (excludes halogenated alkanes) is 11. The van der Waals surface area contributed by atoms with Crippen LogP contribution in [0.25, 0.3) is 0 Å². The van der Waals surface area contributed by atoms with Crippen LogP contribution in [-0.4, -0.2) is 140 Å². The molecule has 2 aliphatic rings. The van der Waals surface area contributed by atoms with Gasteiger partial charge in [0, 0.05) is 51.9 Å². The van der Waals surface area contributed by atoms with Crippen LogP contribution in [-0.2, 0) is 43.2 Å². The van der Waals surface area contributed by atoms with Crippen molar-refractivity contribution in [1.29, 1.82) is 0 Å². The Hall–Kier alpha value is -5.45. The van der Waals surface area contributed by atoms with Crippen molar-refractivity contribution in [1.82, 2.24) is 53.2 Å². The monoisotopic (exact) mass is 979 g/mol. The molecule has 6 unspecified atom stereocenters. The van der Waals surface area contributed by atoms with Crippen LogP contribution >= 0.6 is 11.8 Å². The number of hydrogen-bond acceptors (Lipinski definition) is 12. The maximum absolute atomic E-state index is 14.6. The van der Waals surface area contributed by atoms with Gasteiger partial charge in [-0.15, -0.1) is 11.8 Å². The molecule has 2 rings (SSSR count). The summed E-state index contributed by atoms with van der Waals surface area (Å²) in [5.74, 6) is -6.85. The molecule has 23 heteroatoms. The van der Waals surface area contributed by atoms with Crippen molar-refractivity contribution in [3.8, 4) is 0 Å². The van der Waals surface area contributed by atoms with Crippen LogP contribution in [0.15, 0.2) is 16.6 Å². The lowest BCUT2D eigenvalue weighted by molar-refractivity contribution is -0.138. The first-order chi connectivity index (χ1) is 32.4. The van der Waals surface area contributed by atoms with Gasteiger partial charge in [-0.3, -0.25) is 48.1 Å². The Morgan fingerprint density at radius 3 is 2.03 bits per heavy atom. The van der Waals surface area contributed by atoms with Crippen LogP contribution in [0.2, 0.25) is 0 Å². The van der Waals surface area contributed by atoms with E-state index in [-0.39, 0.29) is 36.8 Å². The molecule has 1 spiro atoms. The van der Waals surface area contributed by atoms with Crippen molar-refractivity contribution in [2.24, 2.45) is 16.6 Å². The molecule has 1 saturated heterocycles. The average molecular weight is 979 g/mol. The highest BCUT2D eigenvalue weighted by atomic mass is 32.2. The second kappa shape index (κ2) is 32.3. The standard InChI is InChI=1S/C45H78N12O10S/c1-29(2)24-32-39(63)51-26-37(61)57-45(28-68-23-22-49-40(64)34(27-58)55-41(65)31(56-43(45)67)19-20-35(46)59)25-33(42(66)53-32)54-38(62)30(3)52-36(60)18-16-14-12-10-8-6-7-9-11-13-15-17-21-50-44(47-4)48-5/h22-23,29-34,58H,6-21,24-28H2,1-5H3,(H2,46,59)(H,49,64)(H,51,63)(H,52,60)(H,53,66)(H,54,62)(H,55,65)(H,56,67)(H,57,61)(H2,47,48,50). The zero-order valence-corrected chi connectivity index (χ0v) is 41.3. The zero-order valence-electron chi connectivity index (χ0n) is 40.5. The number of carbonyl (C=O) groups is 9. The molecule has 22 nitrogen and oxygen atoms in total. The average Bonchev–Trinajstić information content (AvgIpc) is 3.30. The largest absolute Gasteiger partial charge is 0.394 e. The number of amides is 9. The van der Waals surface area contributed by atoms with E-state index in [9.17, 15) is 48.3 Å². The lowest BCUT2D eigenvalue weighted by Gasteiger charge is -2.37. The number of nitrogens with two attached hydrogens (primary N) is 1. The van der Waals surface area contributed by atoms with Gasteiger partial charge in [0.1, 0.15) is 35.7 Å². The van der Waals surface area contributed by atoms with Crippen LogP contribution in [0.3, 0.4) is 0 Å². The van der Waals surface area contributed by atoms with Crippen molar-refractivity contribution < 1.29 is 48.3 Å². The fourth-order valence-corrected chi connectivity index (χ4v) is 8.48. The van der Waals surface area contributed by atoms with Gasteiger partial charge < -0.3 is 64.0 Å². The molecule has 2 heterocycles. The molecule has 0 saturated carbocycles. The van der Waals surface area contributed by atoms with E-state index < -0.39 is 109 Å². The lowest BCUT2D eigenvalue weighted by Crippen LogP contribution is -2.67. The van der Waals surface area contributed by atoms with Gasteiger partial charge >= 0.3 is 0 Å². The number of primary amides is 1. The number of rotatable bonds is 24. The Balaban J connectivity index is 2.17.